The summed E-state index contributed by atoms with van der Waals surface area (Å²) in [5, 5.41) is 66.2. The Morgan fingerprint density at radius 2 is 1.13 bits per heavy atom. The molecule has 1 unspecified atom stereocenters. The van der Waals surface area contributed by atoms with Crippen LogP contribution in [0.1, 0.15) is 77.1 Å². The Morgan fingerprint density at radius 3 is 1.47 bits per heavy atom. The van der Waals surface area contributed by atoms with E-state index in [2.05, 4.69) is 48.1 Å². The Hall–Kier alpha value is -2.06. The van der Waals surface area contributed by atoms with Gasteiger partial charge in [0.05, 0.1) is 6.61 Å². The lowest BCUT2D eigenvalue weighted by molar-refractivity contribution is -0.228. The Balaban J connectivity index is 2.53. The normalized spacial score (nSPS) is 18.2. The van der Waals surface area contributed by atoms with Crippen LogP contribution in [0.5, 0.6) is 0 Å². The van der Waals surface area contributed by atoms with Gasteiger partial charge in [0.15, 0.2) is 0 Å². The van der Waals surface area contributed by atoms with Crippen molar-refractivity contribution in [2.24, 2.45) is 0 Å². The molecule has 0 aliphatic heterocycles. The summed E-state index contributed by atoms with van der Waals surface area (Å²) in [6.07, 6.45) is -5.92. The van der Waals surface area contributed by atoms with E-state index in [1.165, 1.54) is 0 Å². The standard InChI is InChI=1S/C32H48O6/c1-21(2)17-31(37,18-22-9-13-24(14-10-22)29(3,4)5)28(36)32(38,27(35)26(34)20-33)19-23-11-15-25(16-12-23)30(6,7)8/h9-16,26-28,33-38H,1,17-20H2,2-8H3/t26-,27+,28+,31?,32+/m0/s1. The summed E-state index contributed by atoms with van der Waals surface area (Å²) in [7, 11) is 0. The smallest absolute Gasteiger partial charge is 0.126 e. The highest BCUT2D eigenvalue weighted by Gasteiger charge is 2.54. The van der Waals surface area contributed by atoms with Crippen molar-refractivity contribution in [3.63, 3.8) is 0 Å². The SMILES string of the molecule is C=C(C)CC(O)(Cc1ccc(C(C)(C)C)cc1)[C@@H](O)[C@@](O)(Cc1ccc(C(C)(C)C)cc1)[C@H](O)[C@@H](O)CO. The van der Waals surface area contributed by atoms with Crippen molar-refractivity contribution in [3.8, 4) is 0 Å². The third-order valence-corrected chi connectivity index (χ3v) is 7.29. The van der Waals surface area contributed by atoms with Crippen molar-refractivity contribution in [3.05, 3.63) is 82.9 Å². The zero-order valence-electron chi connectivity index (χ0n) is 24.1. The number of aliphatic hydroxyl groups excluding tert-OH is 4. The summed E-state index contributed by atoms with van der Waals surface area (Å²) >= 11 is 0. The number of hydrogen-bond acceptors (Lipinski definition) is 6. The van der Waals surface area contributed by atoms with Crippen LogP contribution in [0.2, 0.25) is 0 Å². The zero-order valence-corrected chi connectivity index (χ0v) is 24.1. The molecule has 0 saturated carbocycles. The van der Waals surface area contributed by atoms with Gasteiger partial charge in [0.2, 0.25) is 0 Å². The molecule has 0 fully saturated rings. The minimum Gasteiger partial charge on any atom is -0.394 e. The molecular formula is C32H48O6. The van der Waals surface area contributed by atoms with E-state index < -0.39 is 36.1 Å². The predicted molar refractivity (Wildman–Crippen MR) is 152 cm³/mol. The van der Waals surface area contributed by atoms with Gasteiger partial charge in [-0.3, -0.25) is 0 Å². The highest BCUT2D eigenvalue weighted by Crippen LogP contribution is 2.36. The first-order valence-electron chi connectivity index (χ1n) is 13.3. The van der Waals surface area contributed by atoms with E-state index >= 15 is 0 Å². The first kappa shape index (κ1) is 32.2. The van der Waals surface area contributed by atoms with Crippen molar-refractivity contribution >= 4 is 0 Å². The first-order chi connectivity index (χ1) is 17.3. The molecule has 5 atom stereocenters. The highest BCUT2D eigenvalue weighted by molar-refractivity contribution is 5.31. The average molecular weight is 529 g/mol. The van der Waals surface area contributed by atoms with Crippen LogP contribution in [0.25, 0.3) is 0 Å². The molecule has 0 aromatic heterocycles. The summed E-state index contributed by atoms with van der Waals surface area (Å²) in [5.74, 6) is 0. The summed E-state index contributed by atoms with van der Waals surface area (Å²) in [6, 6.07) is 15.1. The van der Waals surface area contributed by atoms with Crippen molar-refractivity contribution in [2.75, 3.05) is 6.61 Å². The van der Waals surface area contributed by atoms with E-state index in [1.54, 1.807) is 19.1 Å². The summed E-state index contributed by atoms with van der Waals surface area (Å²) in [6.45, 7) is 17.3. The Morgan fingerprint density at radius 1 is 0.737 bits per heavy atom. The largest absolute Gasteiger partial charge is 0.394 e. The summed E-state index contributed by atoms with van der Waals surface area (Å²) in [5.41, 5.74) is -0.380. The van der Waals surface area contributed by atoms with Gasteiger partial charge >= 0.3 is 0 Å². The second-order valence-corrected chi connectivity index (χ2v) is 13.1. The van der Waals surface area contributed by atoms with Gasteiger partial charge in [0, 0.05) is 12.8 Å². The summed E-state index contributed by atoms with van der Waals surface area (Å²) in [4.78, 5) is 0. The molecule has 0 amide bonds. The fraction of sp³-hybridized carbons (Fsp3) is 0.562. The third kappa shape index (κ3) is 7.75. The predicted octanol–water partition coefficient (Wildman–Crippen LogP) is 3.57. The molecule has 0 aliphatic rings. The van der Waals surface area contributed by atoms with Crippen LogP contribution in [0, 0.1) is 0 Å². The van der Waals surface area contributed by atoms with Crippen molar-refractivity contribution in [2.45, 2.75) is 108 Å². The van der Waals surface area contributed by atoms with Gasteiger partial charge in [0.25, 0.3) is 0 Å². The molecule has 38 heavy (non-hydrogen) atoms. The average Bonchev–Trinajstić information content (AvgIpc) is 2.81. The molecule has 6 nitrogen and oxygen atoms in total. The second-order valence-electron chi connectivity index (χ2n) is 13.1. The van der Waals surface area contributed by atoms with Crippen LogP contribution in [0.15, 0.2) is 60.7 Å². The van der Waals surface area contributed by atoms with Crippen molar-refractivity contribution < 1.29 is 30.6 Å². The Bertz CT molecular complexity index is 1050. The lowest BCUT2D eigenvalue weighted by atomic mass is 9.71. The minimum absolute atomic E-state index is 0.0291. The lowest BCUT2D eigenvalue weighted by Gasteiger charge is -2.46. The molecule has 0 heterocycles. The molecule has 0 spiro atoms. The van der Waals surface area contributed by atoms with Crippen LogP contribution in [0.4, 0.5) is 0 Å². The van der Waals surface area contributed by atoms with Gasteiger partial charge in [-0.2, -0.15) is 0 Å². The fourth-order valence-electron chi connectivity index (χ4n) is 4.97. The third-order valence-electron chi connectivity index (χ3n) is 7.29. The van der Waals surface area contributed by atoms with E-state index in [0.717, 1.165) is 16.7 Å². The molecule has 0 aliphatic carbocycles. The van der Waals surface area contributed by atoms with E-state index in [1.807, 2.05) is 36.4 Å². The minimum atomic E-state index is -2.39. The van der Waals surface area contributed by atoms with E-state index in [0.29, 0.717) is 11.1 Å². The van der Waals surface area contributed by atoms with Gasteiger partial charge in [-0.1, -0.05) is 95.6 Å². The zero-order chi connectivity index (χ0) is 29.1. The number of hydrogen-bond donors (Lipinski definition) is 6. The fourth-order valence-corrected chi connectivity index (χ4v) is 4.97. The molecule has 2 aromatic carbocycles. The van der Waals surface area contributed by atoms with Crippen LogP contribution in [-0.2, 0) is 23.7 Å². The number of rotatable bonds is 11. The lowest BCUT2D eigenvalue weighted by Crippen LogP contribution is -2.66. The van der Waals surface area contributed by atoms with Gasteiger partial charge in [0.1, 0.15) is 29.5 Å². The monoisotopic (exact) mass is 528 g/mol. The molecule has 6 heteroatoms. The molecule has 212 valence electrons. The first-order valence-corrected chi connectivity index (χ1v) is 13.3. The summed E-state index contributed by atoms with van der Waals surface area (Å²) < 4.78 is 0. The van der Waals surface area contributed by atoms with E-state index in [4.69, 9.17) is 0 Å². The topological polar surface area (TPSA) is 121 Å². The maximum absolute atomic E-state index is 11.9. The molecule has 0 radical (unpaired) electrons. The Kier molecular flexibility index (Phi) is 10.1. The van der Waals surface area contributed by atoms with Gasteiger partial charge in [-0.25, -0.2) is 0 Å². The van der Waals surface area contributed by atoms with E-state index in [9.17, 15) is 30.6 Å². The molecule has 0 bridgehead atoms. The number of benzene rings is 2. The molecule has 2 aromatic rings. The van der Waals surface area contributed by atoms with E-state index in [-0.39, 0.29) is 30.1 Å². The van der Waals surface area contributed by atoms with Gasteiger partial charge < -0.3 is 30.6 Å². The second kappa shape index (κ2) is 12.0. The maximum Gasteiger partial charge on any atom is 0.126 e. The molecular weight excluding hydrogens is 480 g/mol. The van der Waals surface area contributed by atoms with Gasteiger partial charge in [-0.15, -0.1) is 6.58 Å². The van der Waals surface area contributed by atoms with Crippen molar-refractivity contribution in [1.82, 2.24) is 0 Å². The molecule has 0 saturated heterocycles. The molecule has 6 N–H and O–H groups in total. The van der Waals surface area contributed by atoms with Gasteiger partial charge in [-0.05, 0) is 46.4 Å². The Labute approximate surface area is 228 Å². The van der Waals surface area contributed by atoms with Crippen LogP contribution < -0.4 is 0 Å². The highest BCUT2D eigenvalue weighted by atomic mass is 16.4. The maximum atomic E-state index is 11.9. The van der Waals surface area contributed by atoms with Crippen LogP contribution in [-0.4, -0.2) is 66.8 Å². The molecule has 2 rings (SSSR count). The van der Waals surface area contributed by atoms with Crippen LogP contribution >= 0.6 is 0 Å². The van der Waals surface area contributed by atoms with Crippen LogP contribution in [0.3, 0.4) is 0 Å². The van der Waals surface area contributed by atoms with Crippen molar-refractivity contribution in [1.29, 1.82) is 0 Å². The number of aliphatic hydroxyl groups is 6. The quantitative estimate of drug-likeness (QED) is 0.248.